The molecule has 2 heterocycles. The molecule has 9 nitrogen and oxygen atoms in total. The highest BCUT2D eigenvalue weighted by Gasteiger charge is 2.35. The Hall–Kier alpha value is -2.82. The second kappa shape index (κ2) is 13.8. The number of carbonyl (C=O) groups excluding carboxylic acids is 1. The van der Waals surface area contributed by atoms with Crippen LogP contribution in [0.1, 0.15) is 74.0 Å². The van der Waals surface area contributed by atoms with Crippen molar-refractivity contribution in [2.45, 2.75) is 76.1 Å². The summed E-state index contributed by atoms with van der Waals surface area (Å²) < 4.78 is 12.9. The minimum atomic E-state index is -0.858. The smallest absolute Gasteiger partial charge is 0.303 e. The summed E-state index contributed by atoms with van der Waals surface area (Å²) in [4.78, 5) is 25.3. The molecule has 4 N–H and O–H groups in total. The molecule has 2 fully saturated rings. The predicted molar refractivity (Wildman–Crippen MR) is 141 cm³/mol. The molecular weight excluding hydrogens is 488 g/mol. The minimum Gasteiger partial charge on any atom is -0.481 e. The number of aliphatic hydroxyl groups is 2. The molecule has 0 saturated carbocycles. The van der Waals surface area contributed by atoms with Gasteiger partial charge in [-0.3, -0.25) is 14.5 Å². The standard InChI is InChI=1S/C29H38N2O7/c32-18-20-10-12-21(13-11-20)26-16-25(17-31-14-4-7-24(31)19-33)37-29(38-26)22-5-3-6-23(15-22)30-27(34)8-1-2-9-28(35)36/h3,5-6,10-13,15,24-26,29,32-33H,1-2,4,7-9,14,16-19H2,(H,30,34)(H,35,36). The second-order valence-corrected chi connectivity index (χ2v) is 10.1. The number of amides is 1. The van der Waals surface area contributed by atoms with Crippen molar-refractivity contribution in [1.82, 2.24) is 4.90 Å². The molecule has 2 aliphatic rings. The van der Waals surface area contributed by atoms with Crippen molar-refractivity contribution in [3.05, 3.63) is 65.2 Å². The third-order valence-electron chi connectivity index (χ3n) is 7.25. The van der Waals surface area contributed by atoms with Crippen molar-refractivity contribution < 1.29 is 34.4 Å². The number of nitrogens with zero attached hydrogens (tertiary/aromatic N) is 1. The third kappa shape index (κ3) is 7.85. The molecule has 4 rings (SSSR count). The second-order valence-electron chi connectivity index (χ2n) is 10.1. The fourth-order valence-electron chi connectivity index (χ4n) is 5.19. The normalized spacial score (nSPS) is 23.8. The van der Waals surface area contributed by atoms with Crippen LogP contribution in [0.2, 0.25) is 0 Å². The summed E-state index contributed by atoms with van der Waals surface area (Å²) >= 11 is 0. The SMILES string of the molecule is O=C(O)CCCCC(=O)Nc1cccc(C2OC(CN3CCCC3CO)CC(c3ccc(CO)cc3)O2)c1. The first-order chi connectivity index (χ1) is 18.4. The summed E-state index contributed by atoms with van der Waals surface area (Å²) in [5.74, 6) is -1.02. The van der Waals surface area contributed by atoms with Crippen molar-refractivity contribution in [3.63, 3.8) is 0 Å². The minimum absolute atomic E-state index is 0.0181. The molecule has 2 aromatic carbocycles. The van der Waals surface area contributed by atoms with Gasteiger partial charge in [0.15, 0.2) is 6.29 Å². The van der Waals surface area contributed by atoms with Crippen LogP contribution in [-0.2, 0) is 25.7 Å². The first-order valence-electron chi connectivity index (χ1n) is 13.4. The molecule has 2 aliphatic heterocycles. The lowest BCUT2D eigenvalue weighted by molar-refractivity contribution is -0.253. The van der Waals surface area contributed by atoms with Crippen LogP contribution < -0.4 is 5.32 Å². The number of hydrogen-bond donors (Lipinski definition) is 4. The van der Waals surface area contributed by atoms with Gasteiger partial charge in [0.2, 0.25) is 5.91 Å². The number of likely N-dealkylation sites (tertiary alicyclic amines) is 1. The van der Waals surface area contributed by atoms with Crippen LogP contribution in [0.4, 0.5) is 5.69 Å². The van der Waals surface area contributed by atoms with E-state index in [1.807, 2.05) is 42.5 Å². The zero-order valence-electron chi connectivity index (χ0n) is 21.6. The molecule has 0 radical (unpaired) electrons. The zero-order chi connectivity index (χ0) is 26.9. The molecule has 0 spiro atoms. The van der Waals surface area contributed by atoms with E-state index in [2.05, 4.69) is 10.2 Å². The summed E-state index contributed by atoms with van der Waals surface area (Å²) in [5.41, 5.74) is 3.26. The van der Waals surface area contributed by atoms with E-state index in [-0.39, 0.29) is 50.2 Å². The summed E-state index contributed by atoms with van der Waals surface area (Å²) in [6.07, 6.45) is 3.01. The van der Waals surface area contributed by atoms with E-state index >= 15 is 0 Å². The van der Waals surface area contributed by atoms with Gasteiger partial charge in [-0.05, 0) is 55.5 Å². The van der Waals surface area contributed by atoms with Gasteiger partial charge in [0.1, 0.15) is 0 Å². The number of hydrogen-bond acceptors (Lipinski definition) is 7. The summed E-state index contributed by atoms with van der Waals surface area (Å²) in [6, 6.07) is 15.3. The average molecular weight is 527 g/mol. The molecule has 0 aliphatic carbocycles. The highest BCUT2D eigenvalue weighted by molar-refractivity contribution is 5.90. The number of carbonyl (C=O) groups is 2. The van der Waals surface area contributed by atoms with Gasteiger partial charge in [0, 0.05) is 43.1 Å². The monoisotopic (exact) mass is 526 g/mol. The number of aliphatic hydroxyl groups excluding tert-OH is 2. The maximum absolute atomic E-state index is 12.4. The summed E-state index contributed by atoms with van der Waals surface area (Å²) in [5, 5.41) is 30.9. The Balaban J connectivity index is 1.46. The van der Waals surface area contributed by atoms with E-state index in [1.54, 1.807) is 6.07 Å². The molecule has 2 aromatic rings. The number of unbranched alkanes of at least 4 members (excludes halogenated alkanes) is 1. The number of rotatable bonds is 12. The molecule has 4 unspecified atom stereocenters. The van der Waals surface area contributed by atoms with Gasteiger partial charge in [0.05, 0.1) is 25.4 Å². The van der Waals surface area contributed by atoms with Crippen molar-refractivity contribution >= 4 is 17.6 Å². The lowest BCUT2D eigenvalue weighted by Crippen LogP contribution is -2.42. The van der Waals surface area contributed by atoms with Crippen LogP contribution in [0.5, 0.6) is 0 Å². The van der Waals surface area contributed by atoms with Gasteiger partial charge in [-0.15, -0.1) is 0 Å². The Bertz CT molecular complexity index is 1060. The highest BCUT2D eigenvalue weighted by Crippen LogP contribution is 2.39. The molecule has 9 heteroatoms. The van der Waals surface area contributed by atoms with Crippen LogP contribution in [0, 0.1) is 0 Å². The zero-order valence-corrected chi connectivity index (χ0v) is 21.6. The molecular formula is C29H38N2O7. The number of ether oxygens (including phenoxy) is 2. The molecule has 38 heavy (non-hydrogen) atoms. The van der Waals surface area contributed by atoms with Gasteiger partial charge in [-0.25, -0.2) is 0 Å². The Morgan fingerprint density at radius 1 is 1.00 bits per heavy atom. The van der Waals surface area contributed by atoms with Gasteiger partial charge in [-0.2, -0.15) is 0 Å². The van der Waals surface area contributed by atoms with Gasteiger partial charge in [0.25, 0.3) is 0 Å². The predicted octanol–water partition coefficient (Wildman–Crippen LogP) is 3.76. The van der Waals surface area contributed by atoms with Crippen LogP contribution >= 0.6 is 0 Å². The molecule has 206 valence electrons. The maximum atomic E-state index is 12.4. The van der Waals surface area contributed by atoms with Crippen LogP contribution in [0.15, 0.2) is 48.5 Å². The Kier molecular flexibility index (Phi) is 10.3. The van der Waals surface area contributed by atoms with Gasteiger partial charge in [-0.1, -0.05) is 36.4 Å². The number of anilines is 1. The first kappa shape index (κ1) is 28.2. The van der Waals surface area contributed by atoms with Gasteiger partial charge >= 0.3 is 5.97 Å². The maximum Gasteiger partial charge on any atom is 0.303 e. The number of aliphatic carboxylic acids is 1. The van der Waals surface area contributed by atoms with Crippen molar-refractivity contribution in [2.75, 3.05) is 25.0 Å². The average Bonchev–Trinajstić information content (AvgIpc) is 3.38. The van der Waals surface area contributed by atoms with E-state index in [9.17, 15) is 19.8 Å². The van der Waals surface area contributed by atoms with Crippen LogP contribution in [0.25, 0.3) is 0 Å². The first-order valence-corrected chi connectivity index (χ1v) is 13.4. The Morgan fingerprint density at radius 3 is 2.53 bits per heavy atom. The molecule has 0 bridgehead atoms. The van der Waals surface area contributed by atoms with E-state index in [0.29, 0.717) is 31.5 Å². The van der Waals surface area contributed by atoms with E-state index in [4.69, 9.17) is 14.6 Å². The van der Waals surface area contributed by atoms with Crippen molar-refractivity contribution in [1.29, 1.82) is 0 Å². The lowest BCUT2D eigenvalue weighted by Gasteiger charge is -2.38. The fraction of sp³-hybridized carbons (Fsp3) is 0.517. The Labute approximate surface area is 223 Å². The molecule has 2 saturated heterocycles. The van der Waals surface area contributed by atoms with E-state index < -0.39 is 12.3 Å². The largest absolute Gasteiger partial charge is 0.481 e. The molecule has 1 amide bonds. The number of nitrogens with one attached hydrogen (secondary N) is 1. The third-order valence-corrected chi connectivity index (χ3v) is 7.25. The topological polar surface area (TPSA) is 129 Å². The van der Waals surface area contributed by atoms with Crippen LogP contribution in [-0.4, -0.2) is 63.9 Å². The quantitative estimate of drug-likeness (QED) is 0.308. The summed E-state index contributed by atoms with van der Waals surface area (Å²) in [7, 11) is 0. The Morgan fingerprint density at radius 2 is 1.79 bits per heavy atom. The van der Waals surface area contributed by atoms with Gasteiger partial charge < -0.3 is 30.1 Å². The summed E-state index contributed by atoms with van der Waals surface area (Å²) in [6.45, 7) is 1.75. The van der Waals surface area contributed by atoms with E-state index in [1.165, 1.54) is 0 Å². The molecule has 0 aromatic heterocycles. The van der Waals surface area contributed by atoms with Crippen LogP contribution in [0.3, 0.4) is 0 Å². The highest BCUT2D eigenvalue weighted by atomic mass is 16.7. The number of carboxylic acids is 1. The van der Waals surface area contributed by atoms with Crippen molar-refractivity contribution in [3.8, 4) is 0 Å². The van der Waals surface area contributed by atoms with Crippen molar-refractivity contribution in [2.24, 2.45) is 0 Å². The molecule has 4 atom stereocenters. The number of benzene rings is 2. The fourth-order valence-corrected chi connectivity index (χ4v) is 5.19. The van der Waals surface area contributed by atoms with E-state index in [0.717, 1.165) is 36.1 Å². The lowest BCUT2D eigenvalue weighted by atomic mass is 9.99. The number of carboxylic acid groups (broad SMARTS) is 1.